The van der Waals surface area contributed by atoms with Crippen molar-refractivity contribution in [3.05, 3.63) is 126 Å². The molecule has 0 aromatic heterocycles. The Hall–Kier alpha value is -3.43. The summed E-state index contributed by atoms with van der Waals surface area (Å²) in [4.78, 5) is 15.9. The van der Waals surface area contributed by atoms with Crippen molar-refractivity contribution in [1.82, 2.24) is 4.90 Å². The lowest BCUT2D eigenvalue weighted by molar-refractivity contribution is -0.137. The molecule has 1 aliphatic rings. The van der Waals surface area contributed by atoms with Crippen LogP contribution in [0.4, 0.5) is 13.2 Å². The summed E-state index contributed by atoms with van der Waals surface area (Å²) in [6.07, 6.45) is -3.69. The molecule has 0 bridgehead atoms. The highest BCUT2D eigenvalue weighted by Gasteiger charge is 2.49. The molecular weight excluding hydrogens is 478 g/mol. The van der Waals surface area contributed by atoms with Crippen molar-refractivity contribution in [2.75, 3.05) is 6.54 Å². The van der Waals surface area contributed by atoms with E-state index in [1.165, 1.54) is 12.1 Å². The van der Waals surface area contributed by atoms with Crippen LogP contribution in [0.2, 0.25) is 0 Å². The van der Waals surface area contributed by atoms with E-state index in [1.807, 2.05) is 54.6 Å². The monoisotopic (exact) mass is 504 g/mol. The Balaban J connectivity index is 1.56. The Morgan fingerprint density at radius 2 is 1.14 bits per heavy atom. The summed E-state index contributed by atoms with van der Waals surface area (Å²) in [6, 6.07) is 36.0. The summed E-state index contributed by atoms with van der Waals surface area (Å²) >= 11 is 0. The van der Waals surface area contributed by atoms with Gasteiger partial charge in [0.05, 0.1) is 11.2 Å². The van der Waals surface area contributed by atoms with Crippen LogP contribution in [-0.2, 0) is 17.5 Å². The number of carbonyl (C=O) groups is 1. The smallest absolute Gasteiger partial charge is 0.338 e. The molecule has 183 valence electrons. The third-order valence-electron chi connectivity index (χ3n) is 6.88. The standard InChI is InChI=1S/C30H26F3NOP/c31-30(32,33)24-18-16-23(17-19-24)22-34-21-20-28(29(34)35)36(25-10-4-1-5-11-25,26-12-6-2-7-13-26)27-14-8-3-9-15-27/h1-19,28H,20-22H2. The number of hydrogen-bond donors (Lipinski definition) is 0. The molecule has 1 radical (unpaired) electrons. The van der Waals surface area contributed by atoms with Gasteiger partial charge in [-0.15, -0.1) is 0 Å². The predicted octanol–water partition coefficient (Wildman–Crippen LogP) is 5.80. The van der Waals surface area contributed by atoms with Gasteiger partial charge in [-0.2, -0.15) is 13.2 Å². The highest BCUT2D eigenvalue weighted by molar-refractivity contribution is 7.96. The van der Waals surface area contributed by atoms with Gasteiger partial charge < -0.3 is 4.90 Å². The number of rotatable bonds is 6. The highest BCUT2D eigenvalue weighted by atomic mass is 31.2. The van der Waals surface area contributed by atoms with E-state index in [0.29, 0.717) is 25.1 Å². The van der Waals surface area contributed by atoms with E-state index in [2.05, 4.69) is 36.4 Å². The zero-order valence-electron chi connectivity index (χ0n) is 19.6. The number of hydrogen-bond acceptors (Lipinski definition) is 1. The first kappa shape index (κ1) is 24.3. The van der Waals surface area contributed by atoms with E-state index >= 15 is 0 Å². The minimum absolute atomic E-state index is 0.0554. The SMILES string of the molecule is O=C1C([P](c2ccccc2)(c2ccccc2)c2ccccc2)CCN1Cc1ccc(C(F)(F)F)cc1. The molecule has 1 unspecified atom stereocenters. The first-order chi connectivity index (χ1) is 17.4. The Bertz CT molecular complexity index is 1210. The van der Waals surface area contributed by atoms with Crippen molar-refractivity contribution >= 4 is 29.1 Å². The fraction of sp³-hybridized carbons (Fsp3) is 0.167. The van der Waals surface area contributed by atoms with Gasteiger partial charge >= 0.3 is 6.18 Å². The van der Waals surface area contributed by atoms with Gasteiger partial charge in [0.1, 0.15) is 0 Å². The zero-order valence-corrected chi connectivity index (χ0v) is 20.5. The number of alkyl halides is 3. The van der Waals surface area contributed by atoms with Gasteiger partial charge in [-0.3, -0.25) is 4.79 Å². The molecule has 0 N–H and O–H groups in total. The lowest BCUT2D eigenvalue weighted by Crippen LogP contribution is -2.42. The van der Waals surface area contributed by atoms with Crippen LogP contribution in [-0.4, -0.2) is 23.0 Å². The summed E-state index contributed by atoms with van der Waals surface area (Å²) in [5.74, 6) is 0.0554. The van der Waals surface area contributed by atoms with Crippen molar-refractivity contribution in [2.24, 2.45) is 0 Å². The van der Waals surface area contributed by atoms with Crippen LogP contribution in [0, 0.1) is 0 Å². The fourth-order valence-electron chi connectivity index (χ4n) is 5.23. The van der Waals surface area contributed by atoms with E-state index < -0.39 is 19.0 Å². The maximum atomic E-state index is 14.1. The van der Waals surface area contributed by atoms with Crippen molar-refractivity contribution in [3.63, 3.8) is 0 Å². The first-order valence-electron chi connectivity index (χ1n) is 11.9. The van der Waals surface area contributed by atoms with Crippen molar-refractivity contribution in [2.45, 2.75) is 24.8 Å². The largest absolute Gasteiger partial charge is 0.416 e. The second kappa shape index (κ2) is 9.91. The molecule has 5 rings (SSSR count). The van der Waals surface area contributed by atoms with E-state index in [4.69, 9.17) is 0 Å². The normalized spacial score (nSPS) is 16.4. The van der Waals surface area contributed by atoms with Crippen LogP contribution >= 0.6 is 7.26 Å². The first-order valence-corrected chi connectivity index (χ1v) is 13.8. The molecule has 2 nitrogen and oxygen atoms in total. The van der Waals surface area contributed by atoms with Gasteiger partial charge in [0.2, 0.25) is 5.91 Å². The second-order valence-electron chi connectivity index (χ2n) is 8.99. The topological polar surface area (TPSA) is 20.3 Å². The molecule has 4 aromatic carbocycles. The van der Waals surface area contributed by atoms with Crippen LogP contribution in [0.15, 0.2) is 115 Å². The van der Waals surface area contributed by atoms with Gasteiger partial charge in [0, 0.05) is 13.1 Å². The van der Waals surface area contributed by atoms with Crippen LogP contribution < -0.4 is 15.9 Å². The van der Waals surface area contributed by atoms with E-state index in [0.717, 1.165) is 28.0 Å². The maximum Gasteiger partial charge on any atom is 0.416 e. The molecule has 1 aliphatic heterocycles. The molecule has 0 aliphatic carbocycles. The Labute approximate surface area is 209 Å². The van der Waals surface area contributed by atoms with Gasteiger partial charge in [-0.25, -0.2) is 0 Å². The summed E-state index contributed by atoms with van der Waals surface area (Å²) in [5, 5.41) is 3.45. The Morgan fingerprint density at radius 3 is 1.56 bits per heavy atom. The molecule has 1 fully saturated rings. The number of nitrogens with zero attached hydrogens (tertiary/aromatic N) is 1. The molecule has 4 aromatic rings. The number of benzene rings is 4. The minimum atomic E-state index is -4.38. The van der Waals surface area contributed by atoms with Crippen molar-refractivity contribution in [1.29, 1.82) is 0 Å². The third-order valence-corrected chi connectivity index (χ3v) is 11.6. The number of amides is 1. The van der Waals surface area contributed by atoms with E-state index in [-0.39, 0.29) is 11.6 Å². The number of halogens is 3. The van der Waals surface area contributed by atoms with Crippen LogP contribution in [0.5, 0.6) is 0 Å². The van der Waals surface area contributed by atoms with Crippen LogP contribution in [0.1, 0.15) is 17.5 Å². The van der Waals surface area contributed by atoms with Gasteiger partial charge in [0.25, 0.3) is 0 Å². The maximum absolute atomic E-state index is 14.1. The van der Waals surface area contributed by atoms with Gasteiger partial charge in [0.15, 0.2) is 0 Å². The van der Waals surface area contributed by atoms with Crippen molar-refractivity contribution in [3.8, 4) is 0 Å². The van der Waals surface area contributed by atoms with Crippen LogP contribution in [0.25, 0.3) is 0 Å². The minimum Gasteiger partial charge on any atom is -0.338 e. The quantitative estimate of drug-likeness (QED) is 0.304. The Morgan fingerprint density at radius 1 is 0.694 bits per heavy atom. The van der Waals surface area contributed by atoms with Crippen LogP contribution in [0.3, 0.4) is 0 Å². The average Bonchev–Trinajstić information content (AvgIpc) is 3.26. The number of likely N-dealkylation sites (tertiary alicyclic amines) is 1. The predicted molar refractivity (Wildman–Crippen MR) is 140 cm³/mol. The molecule has 0 saturated carbocycles. The number of carbonyl (C=O) groups excluding carboxylic acids is 1. The highest BCUT2D eigenvalue weighted by Crippen LogP contribution is 2.62. The summed E-state index contributed by atoms with van der Waals surface area (Å²) < 4.78 is 39.0. The molecule has 6 heteroatoms. The van der Waals surface area contributed by atoms with E-state index in [9.17, 15) is 18.0 Å². The summed E-state index contributed by atoms with van der Waals surface area (Å²) in [5.41, 5.74) is -0.238. The molecule has 0 spiro atoms. The lowest BCUT2D eigenvalue weighted by Gasteiger charge is -2.42. The molecule has 36 heavy (non-hydrogen) atoms. The molecule has 1 saturated heterocycles. The third kappa shape index (κ3) is 4.44. The molecule has 1 atom stereocenters. The summed E-state index contributed by atoms with van der Waals surface area (Å²) in [7, 11) is -2.37. The Kier molecular flexibility index (Phi) is 6.68. The molecule has 1 heterocycles. The molecular formula is C30H26F3NOP. The summed E-state index contributed by atoms with van der Waals surface area (Å²) in [6.45, 7) is 0.866. The fourth-order valence-corrected chi connectivity index (χ4v) is 10.1. The van der Waals surface area contributed by atoms with E-state index in [1.54, 1.807) is 4.90 Å². The second-order valence-corrected chi connectivity index (χ2v) is 12.6. The van der Waals surface area contributed by atoms with Gasteiger partial charge in [-0.05, 0) is 47.3 Å². The lowest BCUT2D eigenvalue weighted by atomic mass is 10.1. The zero-order chi connectivity index (χ0) is 25.2. The van der Waals surface area contributed by atoms with Crippen molar-refractivity contribution < 1.29 is 18.0 Å². The average molecular weight is 505 g/mol. The molecule has 1 amide bonds. The van der Waals surface area contributed by atoms with Gasteiger partial charge in [-0.1, -0.05) is 103 Å².